The van der Waals surface area contributed by atoms with Crippen LogP contribution in [0.3, 0.4) is 0 Å². The second-order valence-electron chi connectivity index (χ2n) is 6.10. The first-order valence-electron chi connectivity index (χ1n) is 7.04. The Morgan fingerprint density at radius 1 is 1.15 bits per heavy atom. The van der Waals surface area contributed by atoms with Crippen molar-refractivity contribution in [3.8, 4) is 0 Å². The Labute approximate surface area is 119 Å². The maximum absolute atomic E-state index is 12.5. The molecule has 2 aliphatic carbocycles. The molecule has 5 heteroatoms. The van der Waals surface area contributed by atoms with Gasteiger partial charge in [0.25, 0.3) is 0 Å². The number of anilines is 1. The Bertz CT molecular complexity index is 621. The van der Waals surface area contributed by atoms with Crippen LogP contribution in [0.25, 0.3) is 0 Å². The quantitative estimate of drug-likeness (QED) is 0.868. The van der Waals surface area contributed by atoms with Gasteiger partial charge < -0.3 is 0 Å². The minimum atomic E-state index is -3.27. The molecule has 2 saturated carbocycles. The highest BCUT2D eigenvalue weighted by atomic mass is 32.2. The largest absolute Gasteiger partial charge is 0.294 e. The molecule has 0 radical (unpaired) electrons. The van der Waals surface area contributed by atoms with E-state index in [4.69, 9.17) is 0 Å². The maximum atomic E-state index is 12.5. The molecule has 0 aromatic heterocycles. The number of fused-ring (bicyclic) bond motifs is 2. The summed E-state index contributed by atoms with van der Waals surface area (Å²) in [5, 5.41) is 0. The van der Waals surface area contributed by atoms with E-state index < -0.39 is 10.0 Å². The molecule has 1 aromatic carbocycles. The number of sulfonamides is 1. The highest BCUT2D eigenvalue weighted by Gasteiger charge is 2.43. The van der Waals surface area contributed by atoms with Gasteiger partial charge in [0.15, 0.2) is 5.78 Å². The lowest BCUT2D eigenvalue weighted by molar-refractivity contribution is 0.0875. The molecule has 0 heterocycles. The molecule has 4 nitrogen and oxygen atoms in total. The normalized spacial score (nSPS) is 28.6. The van der Waals surface area contributed by atoms with Gasteiger partial charge in [0.1, 0.15) is 0 Å². The molecule has 0 amide bonds. The van der Waals surface area contributed by atoms with Crippen molar-refractivity contribution in [1.29, 1.82) is 0 Å². The van der Waals surface area contributed by atoms with E-state index in [9.17, 15) is 13.2 Å². The molecule has 3 unspecified atom stereocenters. The predicted molar refractivity (Wildman–Crippen MR) is 78.2 cm³/mol. The van der Waals surface area contributed by atoms with Gasteiger partial charge in [-0.15, -0.1) is 0 Å². The van der Waals surface area contributed by atoms with Crippen LogP contribution in [0.4, 0.5) is 5.69 Å². The third-order valence-corrected chi connectivity index (χ3v) is 5.15. The molecule has 1 N–H and O–H groups in total. The summed E-state index contributed by atoms with van der Waals surface area (Å²) >= 11 is 0. The highest BCUT2D eigenvalue weighted by Crippen LogP contribution is 2.49. The molecule has 0 saturated heterocycles. The van der Waals surface area contributed by atoms with E-state index in [1.807, 2.05) is 0 Å². The third kappa shape index (κ3) is 2.73. The van der Waals surface area contributed by atoms with E-state index in [0.717, 1.165) is 18.6 Å². The zero-order valence-electron chi connectivity index (χ0n) is 11.5. The van der Waals surface area contributed by atoms with E-state index in [1.165, 1.54) is 19.3 Å². The van der Waals surface area contributed by atoms with Crippen LogP contribution >= 0.6 is 0 Å². The van der Waals surface area contributed by atoms with Crippen molar-refractivity contribution in [2.45, 2.75) is 25.7 Å². The number of Topliss-reactive ketones (excluding diaryl/α,β-unsaturated/α-hetero) is 1. The van der Waals surface area contributed by atoms with Crippen molar-refractivity contribution in [3.63, 3.8) is 0 Å². The first-order chi connectivity index (χ1) is 9.42. The Morgan fingerprint density at radius 2 is 1.85 bits per heavy atom. The summed E-state index contributed by atoms with van der Waals surface area (Å²) in [6.45, 7) is 0. The summed E-state index contributed by atoms with van der Waals surface area (Å²) < 4.78 is 24.7. The van der Waals surface area contributed by atoms with Gasteiger partial charge in [-0.25, -0.2) is 8.42 Å². The molecule has 0 spiro atoms. The van der Waals surface area contributed by atoms with Crippen molar-refractivity contribution in [2.24, 2.45) is 17.8 Å². The minimum absolute atomic E-state index is 0.183. The molecule has 2 aliphatic rings. The molecular formula is C15H19NO3S. The fourth-order valence-electron chi connectivity index (χ4n) is 3.70. The topological polar surface area (TPSA) is 63.2 Å². The monoisotopic (exact) mass is 293 g/mol. The van der Waals surface area contributed by atoms with Crippen molar-refractivity contribution >= 4 is 21.5 Å². The van der Waals surface area contributed by atoms with Crippen LogP contribution in [-0.2, 0) is 10.0 Å². The third-order valence-electron chi connectivity index (χ3n) is 4.55. The van der Waals surface area contributed by atoms with Crippen molar-refractivity contribution in [3.05, 3.63) is 29.8 Å². The average Bonchev–Trinajstić information content (AvgIpc) is 2.99. The number of benzene rings is 1. The molecule has 3 rings (SSSR count). The van der Waals surface area contributed by atoms with Crippen molar-refractivity contribution in [1.82, 2.24) is 0 Å². The molecule has 20 heavy (non-hydrogen) atoms. The van der Waals surface area contributed by atoms with Crippen LogP contribution in [0.1, 0.15) is 36.0 Å². The number of carbonyl (C=O) groups excluding carboxylic acids is 1. The van der Waals surface area contributed by atoms with Gasteiger partial charge >= 0.3 is 0 Å². The van der Waals surface area contributed by atoms with Crippen LogP contribution in [0.2, 0.25) is 0 Å². The molecule has 0 aliphatic heterocycles. The molecule has 2 bridgehead atoms. The number of hydrogen-bond donors (Lipinski definition) is 1. The average molecular weight is 293 g/mol. The molecule has 3 atom stereocenters. The van der Waals surface area contributed by atoms with E-state index in [0.29, 0.717) is 17.2 Å². The van der Waals surface area contributed by atoms with E-state index in [1.54, 1.807) is 24.3 Å². The summed E-state index contributed by atoms with van der Waals surface area (Å²) in [5.41, 5.74) is 1.19. The lowest BCUT2D eigenvalue weighted by Gasteiger charge is -2.20. The Morgan fingerprint density at radius 3 is 2.35 bits per heavy atom. The molecule has 1 aromatic rings. The number of hydrogen-bond acceptors (Lipinski definition) is 3. The highest BCUT2D eigenvalue weighted by molar-refractivity contribution is 7.92. The Hall–Kier alpha value is -1.36. The van der Waals surface area contributed by atoms with Gasteiger partial charge in [0.2, 0.25) is 10.0 Å². The predicted octanol–water partition coefficient (Wildman–Crippen LogP) is 2.68. The number of nitrogens with one attached hydrogen (secondary N) is 1. The zero-order chi connectivity index (χ0) is 14.3. The van der Waals surface area contributed by atoms with Crippen LogP contribution < -0.4 is 4.72 Å². The standard InChI is InChI=1S/C15H19NO3S/c1-20(18,19)16-13-6-4-11(5-7-13)15(17)14-9-10-2-3-12(14)8-10/h4-7,10,12,14,16H,2-3,8-9H2,1H3. The summed E-state index contributed by atoms with van der Waals surface area (Å²) in [4.78, 5) is 12.5. The Kier molecular flexibility index (Phi) is 3.32. The van der Waals surface area contributed by atoms with Gasteiger partial charge in [0, 0.05) is 17.2 Å². The summed E-state index contributed by atoms with van der Waals surface area (Å²) in [7, 11) is -3.27. The first-order valence-corrected chi connectivity index (χ1v) is 8.93. The van der Waals surface area contributed by atoms with Gasteiger partial charge in [-0.2, -0.15) is 0 Å². The minimum Gasteiger partial charge on any atom is -0.294 e. The smallest absolute Gasteiger partial charge is 0.229 e. The Balaban J connectivity index is 1.73. The second kappa shape index (κ2) is 4.88. The van der Waals surface area contributed by atoms with Crippen LogP contribution in [0, 0.1) is 17.8 Å². The number of ketones is 1. The van der Waals surface area contributed by atoms with Gasteiger partial charge in [-0.05, 0) is 55.4 Å². The summed E-state index contributed by atoms with van der Waals surface area (Å²) in [6.07, 6.45) is 5.83. The van der Waals surface area contributed by atoms with E-state index in [-0.39, 0.29) is 11.7 Å². The zero-order valence-corrected chi connectivity index (χ0v) is 12.3. The number of carbonyl (C=O) groups is 1. The van der Waals surface area contributed by atoms with Crippen molar-refractivity contribution in [2.75, 3.05) is 11.0 Å². The molecule has 108 valence electrons. The second-order valence-corrected chi connectivity index (χ2v) is 7.85. The molecular weight excluding hydrogens is 274 g/mol. The van der Waals surface area contributed by atoms with Gasteiger partial charge in [-0.1, -0.05) is 6.42 Å². The lowest BCUT2D eigenvalue weighted by Crippen LogP contribution is -2.21. The molecule has 2 fully saturated rings. The van der Waals surface area contributed by atoms with Crippen LogP contribution in [-0.4, -0.2) is 20.5 Å². The first kappa shape index (κ1) is 13.6. The van der Waals surface area contributed by atoms with Crippen LogP contribution in [0.15, 0.2) is 24.3 Å². The fraction of sp³-hybridized carbons (Fsp3) is 0.533. The summed E-state index contributed by atoms with van der Waals surface area (Å²) in [5.74, 6) is 1.73. The van der Waals surface area contributed by atoms with E-state index in [2.05, 4.69) is 4.72 Å². The van der Waals surface area contributed by atoms with Crippen LogP contribution in [0.5, 0.6) is 0 Å². The maximum Gasteiger partial charge on any atom is 0.229 e. The summed E-state index contributed by atoms with van der Waals surface area (Å²) in [6, 6.07) is 6.76. The fourth-order valence-corrected chi connectivity index (χ4v) is 4.26. The van der Waals surface area contributed by atoms with Gasteiger partial charge in [0.05, 0.1) is 6.26 Å². The van der Waals surface area contributed by atoms with Gasteiger partial charge in [-0.3, -0.25) is 9.52 Å². The van der Waals surface area contributed by atoms with Crippen molar-refractivity contribution < 1.29 is 13.2 Å². The lowest BCUT2D eigenvalue weighted by atomic mass is 9.83. The SMILES string of the molecule is CS(=O)(=O)Nc1ccc(C(=O)C2CC3CCC2C3)cc1. The number of rotatable bonds is 4. The van der Waals surface area contributed by atoms with E-state index >= 15 is 0 Å².